The second kappa shape index (κ2) is 13.6. The van der Waals surface area contributed by atoms with E-state index in [0.717, 1.165) is 60.9 Å². The predicted octanol–water partition coefficient (Wildman–Crippen LogP) is 10.7. The summed E-state index contributed by atoms with van der Waals surface area (Å²) in [6, 6.07) is 29.3. The van der Waals surface area contributed by atoms with Crippen molar-refractivity contribution >= 4 is 5.69 Å². The van der Waals surface area contributed by atoms with E-state index >= 15 is 8.78 Å². The van der Waals surface area contributed by atoms with Gasteiger partial charge in [0.05, 0.1) is 29.2 Å². The second-order valence-corrected chi connectivity index (χ2v) is 13.6. The Labute approximate surface area is 299 Å². The molecule has 0 aliphatic heterocycles. The van der Waals surface area contributed by atoms with Gasteiger partial charge in [0.2, 0.25) is 0 Å². The minimum atomic E-state index is -1.29. The fourth-order valence-electron chi connectivity index (χ4n) is 7.66. The van der Waals surface area contributed by atoms with Crippen LogP contribution in [0.3, 0.4) is 0 Å². The van der Waals surface area contributed by atoms with Crippen LogP contribution in [0.2, 0.25) is 0 Å². The first-order valence-electron chi connectivity index (χ1n) is 17.0. The number of hydrogen-bond donors (Lipinski definition) is 0. The van der Waals surface area contributed by atoms with Crippen LogP contribution in [0.4, 0.5) is 23.2 Å². The average molecular weight is 696 g/mol. The Morgan fingerprint density at radius 3 is 2.00 bits per heavy atom. The van der Waals surface area contributed by atoms with E-state index in [2.05, 4.69) is 11.8 Å². The number of nitriles is 1. The fraction of sp³-hybridized carbons (Fsp3) is 0.209. The number of rotatable bonds is 7. The largest absolute Gasteiger partial charge is 0.334 e. The van der Waals surface area contributed by atoms with Crippen LogP contribution in [0.5, 0.6) is 0 Å². The molecule has 9 heteroatoms. The van der Waals surface area contributed by atoms with Gasteiger partial charge in [-0.2, -0.15) is 5.26 Å². The molecule has 1 aliphatic carbocycles. The number of pyridine rings is 1. The lowest BCUT2D eigenvalue weighted by Gasteiger charge is -2.38. The van der Waals surface area contributed by atoms with Gasteiger partial charge in [0.1, 0.15) is 40.3 Å². The Morgan fingerprint density at radius 1 is 0.769 bits per heavy atom. The highest BCUT2D eigenvalue weighted by Gasteiger charge is 2.44. The summed E-state index contributed by atoms with van der Waals surface area (Å²) < 4.78 is 62.5. The van der Waals surface area contributed by atoms with Crippen molar-refractivity contribution in [2.45, 2.75) is 49.9 Å². The van der Waals surface area contributed by atoms with Crippen molar-refractivity contribution in [2.24, 2.45) is 7.05 Å². The van der Waals surface area contributed by atoms with Crippen molar-refractivity contribution in [1.29, 1.82) is 5.26 Å². The first-order chi connectivity index (χ1) is 25.1. The maximum absolute atomic E-state index is 16.1. The third kappa shape index (κ3) is 5.63. The minimum Gasteiger partial charge on any atom is -0.334 e. The number of benzene rings is 4. The molecule has 0 atom stereocenters. The number of nitrogens with zero attached hydrogens (tertiary/aromatic N) is 5. The van der Waals surface area contributed by atoms with Crippen LogP contribution in [0.25, 0.3) is 27.5 Å². The molecule has 0 bridgehead atoms. The third-order valence-electron chi connectivity index (χ3n) is 10.4. The highest BCUT2D eigenvalue weighted by Crippen LogP contribution is 2.48. The van der Waals surface area contributed by atoms with E-state index < -0.39 is 39.9 Å². The molecule has 0 amide bonds. The molecule has 1 saturated carbocycles. The van der Waals surface area contributed by atoms with E-state index in [4.69, 9.17) is 16.5 Å². The highest BCUT2D eigenvalue weighted by molar-refractivity contribution is 5.70. The van der Waals surface area contributed by atoms with Crippen LogP contribution in [-0.4, -0.2) is 14.5 Å². The first kappa shape index (κ1) is 34.4. The van der Waals surface area contributed by atoms with Crippen molar-refractivity contribution in [2.75, 3.05) is 0 Å². The lowest BCUT2D eigenvalue weighted by Crippen LogP contribution is -2.34. The molecule has 0 unspecified atom stereocenters. The molecule has 258 valence electrons. The van der Waals surface area contributed by atoms with E-state index in [1.165, 1.54) is 12.1 Å². The zero-order chi connectivity index (χ0) is 36.6. The van der Waals surface area contributed by atoms with Gasteiger partial charge in [-0.05, 0) is 71.3 Å². The SMILES string of the molecule is [C-]#[N+]c1c(F)ccc(-c2cc(C3(C)CCCCC3)cc(C(c3ccccc3)(c3ccccc3)c3cn(C)c(-c4ccc(F)c(C#N)c4F)n3)n2)c1F. The van der Waals surface area contributed by atoms with Crippen LogP contribution in [0.15, 0.2) is 103 Å². The van der Waals surface area contributed by atoms with E-state index in [1.54, 1.807) is 23.9 Å². The maximum Gasteiger partial charge on any atom is 0.257 e. The van der Waals surface area contributed by atoms with Gasteiger partial charge in [-0.15, -0.1) is 0 Å². The van der Waals surface area contributed by atoms with Gasteiger partial charge in [-0.3, -0.25) is 4.98 Å². The molecule has 0 saturated heterocycles. The molecule has 5 nitrogen and oxygen atoms in total. The van der Waals surface area contributed by atoms with Gasteiger partial charge in [0.15, 0.2) is 5.82 Å². The number of halogens is 4. The van der Waals surface area contributed by atoms with E-state index in [1.807, 2.05) is 72.8 Å². The average Bonchev–Trinajstić information content (AvgIpc) is 3.54. The Kier molecular flexibility index (Phi) is 8.98. The summed E-state index contributed by atoms with van der Waals surface area (Å²) in [5.41, 5.74) is 0.513. The molecule has 2 aromatic heterocycles. The van der Waals surface area contributed by atoms with Crippen molar-refractivity contribution < 1.29 is 17.6 Å². The van der Waals surface area contributed by atoms with Crippen molar-refractivity contribution in [3.8, 4) is 28.7 Å². The van der Waals surface area contributed by atoms with Crippen LogP contribution < -0.4 is 0 Å². The van der Waals surface area contributed by atoms with E-state index in [9.17, 15) is 14.0 Å². The Bertz CT molecular complexity index is 2340. The standard InChI is InChI=1S/C43H33F4N5/c1-42(21-11-6-12-22-42)29-23-35(30-17-20-34(45)40(49-2)39(30)47)50-36(24-29)43(27-13-7-4-8-14-27,28-15-9-5-10-16-28)37-26-52(3)41(51-37)31-18-19-33(44)32(25-48)38(31)46/h4-5,7-10,13-20,23-24,26H,6,11-12,21-22H2,1,3H3. The Balaban J connectivity index is 1.61. The normalized spacial score (nSPS) is 14.1. The van der Waals surface area contributed by atoms with Crippen LogP contribution >= 0.6 is 0 Å². The molecule has 4 aromatic carbocycles. The van der Waals surface area contributed by atoms with E-state index in [-0.39, 0.29) is 28.1 Å². The zero-order valence-corrected chi connectivity index (χ0v) is 28.6. The lowest BCUT2D eigenvalue weighted by molar-refractivity contribution is 0.319. The molecule has 1 aliphatic rings. The monoisotopic (exact) mass is 695 g/mol. The Hall–Kier alpha value is -6.06. The quantitative estimate of drug-likeness (QED) is 0.123. The molecule has 0 spiro atoms. The smallest absolute Gasteiger partial charge is 0.257 e. The third-order valence-corrected chi connectivity index (χ3v) is 10.4. The summed E-state index contributed by atoms with van der Waals surface area (Å²) in [5.74, 6) is -3.79. The zero-order valence-electron chi connectivity index (χ0n) is 28.6. The molecule has 0 radical (unpaired) electrons. The summed E-state index contributed by atoms with van der Waals surface area (Å²) in [5, 5.41) is 9.53. The number of hydrogen-bond acceptors (Lipinski definition) is 3. The van der Waals surface area contributed by atoms with Gasteiger partial charge in [0.25, 0.3) is 5.69 Å². The fourth-order valence-corrected chi connectivity index (χ4v) is 7.66. The van der Waals surface area contributed by atoms with Gasteiger partial charge in [-0.25, -0.2) is 27.4 Å². The first-order valence-corrected chi connectivity index (χ1v) is 17.0. The molecule has 7 rings (SSSR count). The van der Waals surface area contributed by atoms with Crippen LogP contribution in [-0.2, 0) is 17.9 Å². The molecule has 6 aromatic rings. The summed E-state index contributed by atoms with van der Waals surface area (Å²) in [7, 11) is 1.69. The topological polar surface area (TPSA) is 58.9 Å². The summed E-state index contributed by atoms with van der Waals surface area (Å²) >= 11 is 0. The molecular formula is C43H33F4N5. The lowest BCUT2D eigenvalue weighted by atomic mass is 9.66. The van der Waals surface area contributed by atoms with Crippen molar-refractivity contribution in [3.63, 3.8) is 0 Å². The van der Waals surface area contributed by atoms with Crippen LogP contribution in [0.1, 0.15) is 72.7 Å². The van der Waals surface area contributed by atoms with Crippen molar-refractivity contribution in [3.05, 3.63) is 172 Å². The predicted molar refractivity (Wildman–Crippen MR) is 191 cm³/mol. The Morgan fingerprint density at radius 2 is 1.38 bits per heavy atom. The van der Waals surface area contributed by atoms with Gasteiger partial charge < -0.3 is 4.57 Å². The molecule has 0 N–H and O–H groups in total. The van der Waals surface area contributed by atoms with E-state index in [0.29, 0.717) is 11.4 Å². The second-order valence-electron chi connectivity index (χ2n) is 13.6. The number of aromatic nitrogens is 3. The van der Waals surface area contributed by atoms with Gasteiger partial charge in [-0.1, -0.05) is 86.8 Å². The van der Waals surface area contributed by atoms with Crippen LogP contribution in [0, 0.1) is 41.2 Å². The van der Waals surface area contributed by atoms with Gasteiger partial charge >= 0.3 is 0 Å². The summed E-state index contributed by atoms with van der Waals surface area (Å²) in [6.45, 7) is 9.68. The molecule has 52 heavy (non-hydrogen) atoms. The number of imidazole rings is 1. The molecule has 2 heterocycles. The number of aryl methyl sites for hydroxylation is 1. The highest BCUT2D eigenvalue weighted by atomic mass is 19.1. The maximum atomic E-state index is 16.1. The molecule has 1 fully saturated rings. The molecular weight excluding hydrogens is 663 g/mol. The summed E-state index contributed by atoms with van der Waals surface area (Å²) in [6.07, 6.45) is 6.65. The minimum absolute atomic E-state index is 0.0101. The van der Waals surface area contributed by atoms with Gasteiger partial charge in [0, 0.05) is 18.8 Å². The summed E-state index contributed by atoms with van der Waals surface area (Å²) in [4.78, 5) is 13.4. The van der Waals surface area contributed by atoms with Crippen molar-refractivity contribution in [1.82, 2.24) is 14.5 Å².